The second-order valence-corrected chi connectivity index (χ2v) is 6.78. The number of anilines is 1. The summed E-state index contributed by atoms with van der Waals surface area (Å²) >= 11 is 1.64. The summed E-state index contributed by atoms with van der Waals surface area (Å²) in [4.78, 5) is 18.6. The number of aliphatic hydroxyl groups excluding tert-OH is 1. The van der Waals surface area contributed by atoms with Crippen LogP contribution in [0.4, 0.5) is 5.69 Å². The predicted octanol–water partition coefficient (Wildman–Crippen LogP) is 2.66. The highest BCUT2D eigenvalue weighted by molar-refractivity contribution is 7.09. The first-order valence-corrected chi connectivity index (χ1v) is 8.72. The fourth-order valence-electron chi connectivity index (χ4n) is 2.64. The average Bonchev–Trinajstić information content (AvgIpc) is 2.99. The molecule has 0 spiro atoms. The number of carbonyl (C=O) groups is 1. The van der Waals surface area contributed by atoms with E-state index in [9.17, 15) is 9.90 Å². The molecule has 1 aromatic carbocycles. The highest BCUT2D eigenvalue weighted by atomic mass is 32.1. The van der Waals surface area contributed by atoms with Crippen molar-refractivity contribution in [3.8, 4) is 0 Å². The van der Waals surface area contributed by atoms with E-state index in [2.05, 4.69) is 10.3 Å². The van der Waals surface area contributed by atoms with E-state index in [0.717, 1.165) is 16.4 Å². The molecular weight excluding hydrogens is 310 g/mol. The molecule has 0 radical (unpaired) electrons. The Morgan fingerprint density at radius 3 is 2.65 bits per heavy atom. The summed E-state index contributed by atoms with van der Waals surface area (Å²) < 4.78 is 0. The van der Waals surface area contributed by atoms with Gasteiger partial charge in [0, 0.05) is 35.4 Å². The molecule has 0 saturated carbocycles. The summed E-state index contributed by atoms with van der Waals surface area (Å²) in [7, 11) is 0. The van der Waals surface area contributed by atoms with Gasteiger partial charge >= 0.3 is 0 Å². The molecule has 23 heavy (non-hydrogen) atoms. The van der Waals surface area contributed by atoms with Crippen LogP contribution in [0.3, 0.4) is 0 Å². The van der Waals surface area contributed by atoms with Gasteiger partial charge in [-0.15, -0.1) is 11.3 Å². The normalized spacial score (nSPS) is 15.7. The summed E-state index contributed by atoms with van der Waals surface area (Å²) in [5.74, 6) is 0.0407. The number of hydrogen-bond donors (Lipinski definition) is 2. The maximum absolute atomic E-state index is 12.4. The number of aryl methyl sites for hydroxylation is 1. The Bertz CT molecular complexity index is 661. The van der Waals surface area contributed by atoms with Crippen LogP contribution < -0.4 is 5.32 Å². The Morgan fingerprint density at radius 2 is 2.04 bits per heavy atom. The molecular formula is C17H21N3O2S. The van der Waals surface area contributed by atoms with Crippen molar-refractivity contribution in [1.29, 1.82) is 0 Å². The topological polar surface area (TPSA) is 65.5 Å². The molecule has 2 N–H and O–H groups in total. The zero-order chi connectivity index (χ0) is 16.2. The quantitative estimate of drug-likeness (QED) is 0.904. The van der Waals surface area contributed by atoms with E-state index < -0.39 is 0 Å². The van der Waals surface area contributed by atoms with Gasteiger partial charge in [0.15, 0.2) is 0 Å². The first-order valence-electron chi connectivity index (χ1n) is 7.84. The van der Waals surface area contributed by atoms with Crippen molar-refractivity contribution in [2.45, 2.75) is 32.4 Å². The second kappa shape index (κ2) is 7.10. The van der Waals surface area contributed by atoms with E-state index in [4.69, 9.17) is 0 Å². The van der Waals surface area contributed by atoms with Crippen molar-refractivity contribution < 1.29 is 9.90 Å². The van der Waals surface area contributed by atoms with E-state index in [0.29, 0.717) is 38.0 Å². The van der Waals surface area contributed by atoms with Crippen LogP contribution in [0.1, 0.15) is 33.9 Å². The molecule has 6 heteroatoms. The highest BCUT2D eigenvalue weighted by Gasteiger charge is 2.22. The smallest absolute Gasteiger partial charge is 0.253 e. The van der Waals surface area contributed by atoms with Crippen LogP contribution in [0, 0.1) is 6.92 Å². The lowest BCUT2D eigenvalue weighted by Gasteiger charge is -2.29. The summed E-state index contributed by atoms with van der Waals surface area (Å²) in [6.45, 7) is 3.93. The van der Waals surface area contributed by atoms with Crippen LogP contribution in [0.25, 0.3) is 0 Å². The summed E-state index contributed by atoms with van der Waals surface area (Å²) in [6, 6.07) is 7.55. The van der Waals surface area contributed by atoms with Gasteiger partial charge in [0.1, 0.15) is 5.01 Å². The number of amides is 1. The Balaban J connectivity index is 1.57. The molecule has 0 aliphatic carbocycles. The number of piperidine rings is 1. The van der Waals surface area contributed by atoms with E-state index in [1.54, 1.807) is 11.3 Å². The second-order valence-electron chi connectivity index (χ2n) is 5.84. The van der Waals surface area contributed by atoms with Crippen LogP contribution in [0.2, 0.25) is 0 Å². The minimum absolute atomic E-state index is 0.0407. The Labute approximate surface area is 140 Å². The van der Waals surface area contributed by atoms with Gasteiger partial charge in [0.2, 0.25) is 0 Å². The SMILES string of the molecule is Cc1csc(CNc2ccc(C(=O)N3CCC(O)CC3)cc2)n1. The van der Waals surface area contributed by atoms with Gasteiger partial charge in [0.25, 0.3) is 5.91 Å². The van der Waals surface area contributed by atoms with Gasteiger partial charge in [-0.25, -0.2) is 4.98 Å². The molecule has 1 aromatic heterocycles. The van der Waals surface area contributed by atoms with Crippen LogP contribution in [0.15, 0.2) is 29.6 Å². The van der Waals surface area contributed by atoms with E-state index in [-0.39, 0.29) is 12.0 Å². The molecule has 0 bridgehead atoms. The molecule has 2 aromatic rings. The number of nitrogens with zero attached hydrogens (tertiary/aromatic N) is 2. The number of likely N-dealkylation sites (tertiary alicyclic amines) is 1. The Hall–Kier alpha value is -1.92. The molecule has 1 aliphatic rings. The molecule has 0 unspecified atom stereocenters. The lowest BCUT2D eigenvalue weighted by atomic mass is 10.1. The third kappa shape index (κ3) is 4.09. The fourth-order valence-corrected chi connectivity index (χ4v) is 3.36. The van der Waals surface area contributed by atoms with E-state index in [1.807, 2.05) is 41.5 Å². The van der Waals surface area contributed by atoms with Gasteiger partial charge in [0.05, 0.1) is 12.6 Å². The number of aliphatic hydroxyl groups is 1. The molecule has 1 fully saturated rings. The van der Waals surface area contributed by atoms with Gasteiger partial charge in [-0.2, -0.15) is 0 Å². The van der Waals surface area contributed by atoms with Gasteiger partial charge in [-0.3, -0.25) is 4.79 Å². The molecule has 1 aliphatic heterocycles. The minimum atomic E-state index is -0.264. The zero-order valence-corrected chi connectivity index (χ0v) is 14.0. The summed E-state index contributed by atoms with van der Waals surface area (Å²) in [5.41, 5.74) is 2.71. The Morgan fingerprint density at radius 1 is 1.35 bits per heavy atom. The summed E-state index contributed by atoms with van der Waals surface area (Å²) in [5, 5.41) is 15.9. The first-order chi connectivity index (χ1) is 11.1. The minimum Gasteiger partial charge on any atom is -0.393 e. The molecule has 1 saturated heterocycles. The van der Waals surface area contributed by atoms with Gasteiger partial charge < -0.3 is 15.3 Å². The molecule has 2 heterocycles. The van der Waals surface area contributed by atoms with Crippen LogP contribution in [-0.2, 0) is 6.54 Å². The largest absolute Gasteiger partial charge is 0.393 e. The van der Waals surface area contributed by atoms with Crippen LogP contribution >= 0.6 is 11.3 Å². The molecule has 3 rings (SSSR count). The fraction of sp³-hybridized carbons (Fsp3) is 0.412. The summed E-state index contributed by atoms with van der Waals surface area (Å²) in [6.07, 6.45) is 1.07. The van der Waals surface area contributed by atoms with Crippen molar-refractivity contribution in [1.82, 2.24) is 9.88 Å². The molecule has 1 amide bonds. The lowest BCUT2D eigenvalue weighted by molar-refractivity contribution is 0.0546. The standard InChI is InChI=1S/C17H21N3O2S/c1-12-11-23-16(19-12)10-18-14-4-2-13(3-5-14)17(22)20-8-6-15(21)7-9-20/h2-5,11,15,18,21H,6-10H2,1H3. The number of thiazole rings is 1. The molecule has 0 atom stereocenters. The van der Waals surface area contributed by atoms with Crippen LogP contribution in [0.5, 0.6) is 0 Å². The van der Waals surface area contributed by atoms with Crippen molar-refractivity contribution in [3.63, 3.8) is 0 Å². The lowest BCUT2D eigenvalue weighted by Crippen LogP contribution is -2.40. The van der Waals surface area contributed by atoms with Crippen molar-refractivity contribution >= 4 is 22.9 Å². The number of aromatic nitrogens is 1. The van der Waals surface area contributed by atoms with Crippen molar-refractivity contribution in [2.75, 3.05) is 18.4 Å². The molecule has 122 valence electrons. The maximum Gasteiger partial charge on any atom is 0.253 e. The maximum atomic E-state index is 12.4. The highest BCUT2D eigenvalue weighted by Crippen LogP contribution is 2.17. The third-order valence-corrected chi connectivity index (χ3v) is 4.96. The third-order valence-electron chi connectivity index (χ3n) is 3.99. The first kappa shape index (κ1) is 16.0. The van der Waals surface area contributed by atoms with E-state index >= 15 is 0 Å². The monoisotopic (exact) mass is 331 g/mol. The predicted molar refractivity (Wildman–Crippen MR) is 91.8 cm³/mol. The number of hydrogen-bond acceptors (Lipinski definition) is 5. The number of rotatable bonds is 4. The zero-order valence-electron chi connectivity index (χ0n) is 13.2. The van der Waals surface area contributed by atoms with Gasteiger partial charge in [-0.05, 0) is 44.0 Å². The van der Waals surface area contributed by atoms with Crippen molar-refractivity contribution in [3.05, 3.63) is 45.9 Å². The number of carbonyl (C=O) groups excluding carboxylic acids is 1. The average molecular weight is 331 g/mol. The van der Waals surface area contributed by atoms with Crippen molar-refractivity contribution in [2.24, 2.45) is 0 Å². The van der Waals surface area contributed by atoms with Gasteiger partial charge in [-0.1, -0.05) is 0 Å². The number of nitrogens with one attached hydrogen (secondary N) is 1. The van der Waals surface area contributed by atoms with E-state index in [1.165, 1.54) is 0 Å². The Kier molecular flexibility index (Phi) is 4.93. The number of benzene rings is 1. The molecule has 5 nitrogen and oxygen atoms in total. The van der Waals surface area contributed by atoms with Crippen LogP contribution in [-0.4, -0.2) is 40.1 Å².